The third-order valence-corrected chi connectivity index (χ3v) is 9.48. The summed E-state index contributed by atoms with van der Waals surface area (Å²) in [6, 6.07) is 8.36. The summed E-state index contributed by atoms with van der Waals surface area (Å²) in [7, 11) is 0. The van der Waals surface area contributed by atoms with Crippen LogP contribution in [0, 0.1) is 16.7 Å². The number of benzene rings is 1. The number of Topliss-reactive ketones (excluding diaryl/α,β-unsaturated/α-hetero) is 1. The number of aliphatic hydroxyl groups is 3. The second kappa shape index (κ2) is 8.90. The number of carbonyl (C=O) groups excluding carboxylic acids is 2. The van der Waals surface area contributed by atoms with Gasteiger partial charge in [0.15, 0.2) is 17.5 Å². The topological polar surface area (TPSA) is 125 Å². The monoisotopic (exact) mass is 515 g/mol. The largest absolute Gasteiger partial charge is 0.455 e. The van der Waals surface area contributed by atoms with Gasteiger partial charge < -0.3 is 30.1 Å². The highest BCUT2D eigenvalue weighted by atomic mass is 16.6. The number of nitrogens with one attached hydrogen (secondary N) is 1. The molecule has 0 aromatic heterocycles. The van der Waals surface area contributed by atoms with Crippen LogP contribution < -0.4 is 5.32 Å². The van der Waals surface area contributed by atoms with Gasteiger partial charge in [0.25, 0.3) is 0 Å². The molecule has 0 amide bonds. The van der Waals surface area contributed by atoms with Gasteiger partial charge in [-0.1, -0.05) is 45.0 Å². The summed E-state index contributed by atoms with van der Waals surface area (Å²) in [6.45, 7) is 14.2. The number of carbonyl (C=O) groups is 2. The molecule has 0 radical (unpaired) electrons. The van der Waals surface area contributed by atoms with Gasteiger partial charge in [-0.05, 0) is 51.2 Å². The number of anilines is 1. The number of esters is 1. The van der Waals surface area contributed by atoms with Crippen LogP contribution in [0.2, 0.25) is 0 Å². The minimum absolute atomic E-state index is 0.166. The van der Waals surface area contributed by atoms with E-state index in [9.17, 15) is 24.9 Å². The van der Waals surface area contributed by atoms with E-state index in [2.05, 4.69) is 11.9 Å². The first-order chi connectivity index (χ1) is 17.1. The van der Waals surface area contributed by atoms with E-state index in [1.807, 2.05) is 44.2 Å². The Kier molecular flexibility index (Phi) is 6.68. The van der Waals surface area contributed by atoms with Crippen LogP contribution in [0.3, 0.4) is 0 Å². The van der Waals surface area contributed by atoms with Crippen LogP contribution in [0.25, 0.3) is 0 Å². The third-order valence-electron chi connectivity index (χ3n) is 9.48. The second-order valence-corrected chi connectivity index (χ2v) is 12.4. The van der Waals surface area contributed by atoms with Gasteiger partial charge in [0.2, 0.25) is 0 Å². The average molecular weight is 516 g/mol. The van der Waals surface area contributed by atoms with Crippen LogP contribution >= 0.6 is 0 Å². The Morgan fingerprint density at radius 3 is 2.41 bits per heavy atom. The SMILES string of the molecule is C=C[C@@]1(C)CC(=O)[C@]2(O)C3(C)C(C(O)C(OC(=O)C(C)Nc4ccccc4)[C@@]2(C)O1)C(C)(C)CC[C@@H]3O. The molecule has 1 heterocycles. The van der Waals surface area contributed by atoms with E-state index >= 15 is 0 Å². The quantitative estimate of drug-likeness (QED) is 0.348. The number of ether oxygens (including phenoxy) is 2. The number of hydrogen-bond donors (Lipinski definition) is 4. The standard InChI is InChI=1S/C29H41NO7/c1-8-26(5)16-20(32)29(35)27(6)19(31)14-15-25(3,4)22(27)21(33)23(28(29,7)37-26)36-24(34)17(2)30-18-12-10-9-11-13-18/h8-13,17,19,21-23,30-31,33,35H,1,14-16H2,2-7H3/t17?,19-,21?,22?,23?,26-,27?,28+,29-/m0/s1. The lowest BCUT2D eigenvalue weighted by molar-refractivity contribution is -0.370. The first kappa shape index (κ1) is 27.8. The molecule has 1 saturated heterocycles. The van der Waals surface area contributed by atoms with Crippen molar-refractivity contribution in [2.45, 2.75) is 102 Å². The van der Waals surface area contributed by atoms with E-state index in [0.717, 1.165) is 0 Å². The van der Waals surface area contributed by atoms with Crippen molar-refractivity contribution in [1.82, 2.24) is 0 Å². The Morgan fingerprint density at radius 2 is 1.81 bits per heavy atom. The molecule has 2 saturated carbocycles. The highest BCUT2D eigenvalue weighted by Gasteiger charge is 2.81. The molecule has 4 rings (SSSR count). The highest BCUT2D eigenvalue weighted by Crippen LogP contribution is 2.67. The molecule has 1 aromatic carbocycles. The molecule has 8 heteroatoms. The van der Waals surface area contributed by atoms with E-state index in [0.29, 0.717) is 18.5 Å². The van der Waals surface area contributed by atoms with Gasteiger partial charge >= 0.3 is 5.97 Å². The second-order valence-electron chi connectivity index (χ2n) is 12.4. The lowest BCUT2D eigenvalue weighted by Crippen LogP contribution is -2.86. The molecule has 4 N–H and O–H groups in total. The van der Waals surface area contributed by atoms with Gasteiger partial charge in [0.1, 0.15) is 11.6 Å². The molecule has 5 unspecified atom stereocenters. The summed E-state index contributed by atoms with van der Waals surface area (Å²) in [5.41, 5.74) is -6.61. The molecular weight excluding hydrogens is 474 g/mol. The van der Waals surface area contributed by atoms with Crippen molar-refractivity contribution >= 4 is 17.4 Å². The van der Waals surface area contributed by atoms with Gasteiger partial charge in [0, 0.05) is 23.4 Å². The van der Waals surface area contributed by atoms with Crippen molar-refractivity contribution in [1.29, 1.82) is 0 Å². The van der Waals surface area contributed by atoms with Crippen LogP contribution in [-0.2, 0) is 19.1 Å². The van der Waals surface area contributed by atoms with Crippen molar-refractivity contribution < 1.29 is 34.4 Å². The lowest BCUT2D eigenvalue weighted by Gasteiger charge is -2.71. The Hall–Kier alpha value is -2.26. The molecule has 9 atom stereocenters. The summed E-state index contributed by atoms with van der Waals surface area (Å²) in [6.07, 6.45) is -1.58. The van der Waals surface area contributed by atoms with Crippen molar-refractivity contribution in [3.05, 3.63) is 43.0 Å². The van der Waals surface area contributed by atoms with E-state index in [1.54, 1.807) is 20.8 Å². The summed E-state index contributed by atoms with van der Waals surface area (Å²) in [5.74, 6) is -1.97. The maximum absolute atomic E-state index is 13.9. The molecule has 1 aromatic rings. The zero-order valence-corrected chi connectivity index (χ0v) is 22.7. The van der Waals surface area contributed by atoms with Crippen molar-refractivity contribution in [2.24, 2.45) is 16.7 Å². The van der Waals surface area contributed by atoms with Crippen LogP contribution in [0.1, 0.15) is 60.8 Å². The first-order valence-corrected chi connectivity index (χ1v) is 13.0. The Bertz CT molecular complexity index is 1080. The fraction of sp³-hybridized carbons (Fsp3) is 0.655. The van der Waals surface area contributed by atoms with Crippen molar-refractivity contribution in [2.75, 3.05) is 5.32 Å². The predicted molar refractivity (Wildman–Crippen MR) is 139 cm³/mol. The number of aliphatic hydroxyl groups excluding tert-OH is 2. The van der Waals surface area contributed by atoms with Crippen LogP contribution in [0.15, 0.2) is 43.0 Å². The fourth-order valence-electron chi connectivity index (χ4n) is 7.55. The summed E-state index contributed by atoms with van der Waals surface area (Å²) >= 11 is 0. The molecule has 3 aliphatic rings. The van der Waals surface area contributed by atoms with Gasteiger partial charge in [-0.25, -0.2) is 4.79 Å². The zero-order chi connectivity index (χ0) is 27.6. The van der Waals surface area contributed by atoms with Crippen LogP contribution in [0.5, 0.6) is 0 Å². The maximum atomic E-state index is 13.9. The number of para-hydroxylation sites is 1. The zero-order valence-electron chi connectivity index (χ0n) is 22.7. The Labute approximate surface area is 219 Å². The highest BCUT2D eigenvalue weighted by molar-refractivity contribution is 5.92. The average Bonchev–Trinajstić information content (AvgIpc) is 2.82. The summed E-state index contributed by atoms with van der Waals surface area (Å²) in [5, 5.41) is 38.8. The van der Waals surface area contributed by atoms with Gasteiger partial charge in [-0.2, -0.15) is 0 Å². The number of ketones is 1. The van der Waals surface area contributed by atoms with E-state index < -0.39 is 69.7 Å². The molecule has 204 valence electrons. The van der Waals surface area contributed by atoms with Gasteiger partial charge in [0.05, 0.1) is 17.8 Å². The molecule has 0 bridgehead atoms. The number of rotatable bonds is 5. The minimum atomic E-state index is -2.25. The number of fused-ring (bicyclic) bond motifs is 3. The van der Waals surface area contributed by atoms with Crippen molar-refractivity contribution in [3.63, 3.8) is 0 Å². The maximum Gasteiger partial charge on any atom is 0.328 e. The summed E-state index contributed by atoms with van der Waals surface area (Å²) < 4.78 is 12.4. The molecule has 3 fully saturated rings. The molecule has 0 spiro atoms. The molecule has 2 aliphatic carbocycles. The molecular formula is C29H41NO7. The molecule has 8 nitrogen and oxygen atoms in total. The lowest BCUT2D eigenvalue weighted by atomic mass is 9.40. The minimum Gasteiger partial charge on any atom is -0.455 e. The van der Waals surface area contributed by atoms with Gasteiger partial charge in [-0.3, -0.25) is 4.79 Å². The van der Waals surface area contributed by atoms with Crippen LogP contribution in [0.4, 0.5) is 5.69 Å². The summed E-state index contributed by atoms with van der Waals surface area (Å²) in [4.78, 5) is 27.3. The van der Waals surface area contributed by atoms with Crippen LogP contribution in [-0.4, -0.2) is 68.2 Å². The first-order valence-electron chi connectivity index (χ1n) is 13.0. The fourth-order valence-corrected chi connectivity index (χ4v) is 7.55. The van der Waals surface area contributed by atoms with Crippen molar-refractivity contribution in [3.8, 4) is 0 Å². The van der Waals surface area contributed by atoms with Gasteiger partial charge in [-0.15, -0.1) is 6.58 Å². The third kappa shape index (κ3) is 3.87. The Balaban J connectivity index is 1.81. The smallest absolute Gasteiger partial charge is 0.328 e. The number of hydrogen-bond acceptors (Lipinski definition) is 8. The van der Waals surface area contributed by atoms with E-state index in [-0.39, 0.29) is 6.42 Å². The predicted octanol–water partition coefficient (Wildman–Crippen LogP) is 3.00. The Morgan fingerprint density at radius 1 is 1.19 bits per heavy atom. The van der Waals surface area contributed by atoms with E-state index in [1.165, 1.54) is 13.0 Å². The molecule has 1 aliphatic heterocycles. The van der Waals surface area contributed by atoms with E-state index in [4.69, 9.17) is 9.47 Å². The normalized spacial score (nSPS) is 43.6. The molecule has 37 heavy (non-hydrogen) atoms.